The maximum Gasteiger partial charge on any atom is 0.160 e. The summed E-state index contributed by atoms with van der Waals surface area (Å²) >= 11 is 6.00. The monoisotopic (exact) mass is 236 g/mol. The first-order valence-corrected chi connectivity index (χ1v) is 5.66. The second-order valence-electron chi connectivity index (χ2n) is 3.86. The largest absolute Gasteiger partial charge is 0.357 e. The average Bonchev–Trinajstić information content (AvgIpc) is 2.28. The van der Waals surface area contributed by atoms with Gasteiger partial charge in [-0.05, 0) is 25.8 Å². The van der Waals surface area contributed by atoms with Crippen molar-refractivity contribution in [1.82, 2.24) is 4.98 Å². The summed E-state index contributed by atoms with van der Waals surface area (Å²) < 4.78 is 0. The summed E-state index contributed by atoms with van der Waals surface area (Å²) in [4.78, 5) is 15.5. The molecule has 0 aromatic carbocycles. The van der Waals surface area contributed by atoms with Gasteiger partial charge in [-0.25, -0.2) is 0 Å². The van der Waals surface area contributed by atoms with Crippen molar-refractivity contribution in [2.75, 3.05) is 5.32 Å². The first kappa shape index (κ1) is 11.1. The fourth-order valence-electron chi connectivity index (χ4n) is 1.76. The van der Waals surface area contributed by atoms with E-state index in [9.17, 15) is 4.79 Å². The average molecular weight is 237 g/mol. The number of carbonyl (C=O) groups is 1. The number of hydrogen-bond acceptors (Lipinski definition) is 3. The quantitative estimate of drug-likeness (QED) is 0.858. The van der Waals surface area contributed by atoms with Gasteiger partial charge in [0.1, 0.15) is 0 Å². The molecule has 2 rings (SSSR count). The molecule has 0 saturated carbocycles. The summed E-state index contributed by atoms with van der Waals surface area (Å²) in [5.74, 6) is 0.221. The van der Waals surface area contributed by atoms with Gasteiger partial charge in [0.05, 0.1) is 10.7 Å². The van der Waals surface area contributed by atoms with E-state index in [1.807, 2.05) is 13.0 Å². The number of anilines is 1. The molecule has 1 heterocycles. The van der Waals surface area contributed by atoms with E-state index in [2.05, 4.69) is 10.3 Å². The van der Waals surface area contributed by atoms with E-state index in [1.165, 1.54) is 0 Å². The van der Waals surface area contributed by atoms with E-state index < -0.39 is 0 Å². The highest BCUT2D eigenvalue weighted by atomic mass is 35.5. The zero-order valence-electron chi connectivity index (χ0n) is 9.09. The smallest absolute Gasteiger partial charge is 0.160 e. The molecule has 16 heavy (non-hydrogen) atoms. The van der Waals surface area contributed by atoms with Crippen molar-refractivity contribution >= 4 is 23.1 Å². The lowest BCUT2D eigenvalue weighted by atomic mass is 9.96. The Hall–Kier alpha value is -1.35. The van der Waals surface area contributed by atoms with E-state index in [0.717, 1.165) is 29.8 Å². The lowest BCUT2D eigenvalue weighted by molar-refractivity contribution is -0.116. The molecule has 4 heteroatoms. The van der Waals surface area contributed by atoms with Crippen LogP contribution in [0.5, 0.6) is 0 Å². The molecule has 0 saturated heterocycles. The van der Waals surface area contributed by atoms with Crippen molar-refractivity contribution in [3.8, 4) is 0 Å². The molecule has 1 aliphatic rings. The molecule has 84 valence electrons. The topological polar surface area (TPSA) is 42.0 Å². The summed E-state index contributed by atoms with van der Waals surface area (Å²) in [6.07, 6.45) is 5.72. The fourth-order valence-corrected chi connectivity index (χ4v) is 1.93. The Morgan fingerprint density at radius 3 is 3.00 bits per heavy atom. The molecular formula is C12H13ClN2O. The standard InChI is InChI=1S/C12H13ClN2O/c1-8-10(3-2-4-12(8)16)15-11-5-6-14-7-9(11)13/h5-7H,2-4H2,1H3,(H,14,15). The number of aromatic nitrogens is 1. The number of allylic oxidation sites excluding steroid dienone is 2. The molecule has 1 aliphatic carbocycles. The van der Waals surface area contributed by atoms with Crippen LogP contribution in [0.2, 0.25) is 5.02 Å². The number of halogens is 1. The van der Waals surface area contributed by atoms with Crippen LogP contribution in [-0.2, 0) is 4.79 Å². The van der Waals surface area contributed by atoms with Crippen molar-refractivity contribution in [2.24, 2.45) is 0 Å². The molecule has 1 aromatic rings. The minimum absolute atomic E-state index is 0.221. The molecule has 0 unspecified atom stereocenters. The second-order valence-corrected chi connectivity index (χ2v) is 4.27. The molecule has 0 spiro atoms. The van der Waals surface area contributed by atoms with Gasteiger partial charge in [0, 0.05) is 30.1 Å². The summed E-state index contributed by atoms with van der Waals surface area (Å²) in [7, 11) is 0. The molecule has 1 aromatic heterocycles. The van der Waals surface area contributed by atoms with Gasteiger partial charge in [0.2, 0.25) is 0 Å². The normalized spacial score (nSPS) is 16.5. The number of carbonyl (C=O) groups excluding carboxylic acids is 1. The Bertz CT molecular complexity index is 454. The number of rotatable bonds is 2. The van der Waals surface area contributed by atoms with Crippen molar-refractivity contribution in [1.29, 1.82) is 0 Å². The number of Topliss-reactive ketones (excluding diaryl/α,β-unsaturated/α-hetero) is 1. The van der Waals surface area contributed by atoms with Gasteiger partial charge in [-0.3, -0.25) is 9.78 Å². The van der Waals surface area contributed by atoms with Crippen LogP contribution in [0, 0.1) is 0 Å². The molecule has 0 atom stereocenters. The summed E-state index contributed by atoms with van der Waals surface area (Å²) in [5.41, 5.74) is 2.60. The van der Waals surface area contributed by atoms with Crippen LogP contribution in [0.3, 0.4) is 0 Å². The molecule has 0 fully saturated rings. The predicted octanol–water partition coefficient (Wildman–Crippen LogP) is 3.17. The Morgan fingerprint density at radius 2 is 2.25 bits per heavy atom. The molecule has 0 aliphatic heterocycles. The highest BCUT2D eigenvalue weighted by molar-refractivity contribution is 6.33. The fraction of sp³-hybridized carbons (Fsp3) is 0.333. The van der Waals surface area contributed by atoms with E-state index in [1.54, 1.807) is 12.4 Å². The Morgan fingerprint density at radius 1 is 1.44 bits per heavy atom. The van der Waals surface area contributed by atoms with Crippen molar-refractivity contribution in [3.05, 3.63) is 34.8 Å². The van der Waals surface area contributed by atoms with Gasteiger partial charge in [-0.15, -0.1) is 0 Å². The minimum Gasteiger partial charge on any atom is -0.357 e. The molecule has 0 amide bonds. The molecular weight excluding hydrogens is 224 g/mol. The van der Waals surface area contributed by atoms with Crippen LogP contribution in [0.15, 0.2) is 29.7 Å². The van der Waals surface area contributed by atoms with Gasteiger partial charge < -0.3 is 5.32 Å². The lowest BCUT2D eigenvalue weighted by Gasteiger charge is -2.19. The number of hydrogen-bond donors (Lipinski definition) is 1. The summed E-state index contributed by atoms with van der Waals surface area (Å²) in [6, 6.07) is 1.81. The van der Waals surface area contributed by atoms with Gasteiger partial charge >= 0.3 is 0 Å². The van der Waals surface area contributed by atoms with Crippen LogP contribution in [-0.4, -0.2) is 10.8 Å². The maximum atomic E-state index is 11.5. The SMILES string of the molecule is CC1=C(Nc2ccncc2Cl)CCCC1=O. The van der Waals surface area contributed by atoms with Crippen LogP contribution < -0.4 is 5.32 Å². The van der Waals surface area contributed by atoms with Crippen molar-refractivity contribution in [3.63, 3.8) is 0 Å². The molecule has 0 radical (unpaired) electrons. The number of nitrogens with one attached hydrogen (secondary N) is 1. The van der Waals surface area contributed by atoms with Crippen molar-refractivity contribution < 1.29 is 4.79 Å². The van der Waals surface area contributed by atoms with E-state index >= 15 is 0 Å². The van der Waals surface area contributed by atoms with E-state index in [-0.39, 0.29) is 5.78 Å². The number of pyridine rings is 1. The number of ketones is 1. The highest BCUT2D eigenvalue weighted by Gasteiger charge is 2.17. The summed E-state index contributed by atoms with van der Waals surface area (Å²) in [6.45, 7) is 1.86. The summed E-state index contributed by atoms with van der Waals surface area (Å²) in [5, 5.41) is 3.79. The maximum absolute atomic E-state index is 11.5. The van der Waals surface area contributed by atoms with Crippen LogP contribution in [0.25, 0.3) is 0 Å². The minimum atomic E-state index is 0.221. The molecule has 3 nitrogen and oxygen atoms in total. The molecule has 0 bridgehead atoms. The zero-order chi connectivity index (χ0) is 11.5. The van der Waals surface area contributed by atoms with Gasteiger partial charge in [0.15, 0.2) is 5.78 Å². The van der Waals surface area contributed by atoms with Crippen LogP contribution in [0.1, 0.15) is 26.2 Å². The third-order valence-corrected chi connectivity index (χ3v) is 3.06. The lowest BCUT2D eigenvalue weighted by Crippen LogP contribution is -2.14. The third-order valence-electron chi connectivity index (χ3n) is 2.76. The predicted molar refractivity (Wildman–Crippen MR) is 64.4 cm³/mol. The first-order chi connectivity index (χ1) is 7.68. The zero-order valence-corrected chi connectivity index (χ0v) is 9.84. The van der Waals surface area contributed by atoms with Crippen LogP contribution in [0.4, 0.5) is 5.69 Å². The van der Waals surface area contributed by atoms with E-state index in [0.29, 0.717) is 11.4 Å². The van der Waals surface area contributed by atoms with E-state index in [4.69, 9.17) is 11.6 Å². The highest BCUT2D eigenvalue weighted by Crippen LogP contribution is 2.26. The third kappa shape index (κ3) is 2.25. The Balaban J connectivity index is 2.25. The van der Waals surface area contributed by atoms with Gasteiger partial charge in [-0.1, -0.05) is 11.6 Å². The number of nitrogens with zero attached hydrogens (tertiary/aromatic N) is 1. The second kappa shape index (κ2) is 4.66. The van der Waals surface area contributed by atoms with Crippen molar-refractivity contribution in [2.45, 2.75) is 26.2 Å². The van der Waals surface area contributed by atoms with Crippen LogP contribution >= 0.6 is 11.6 Å². The first-order valence-electron chi connectivity index (χ1n) is 5.28. The van der Waals surface area contributed by atoms with Gasteiger partial charge in [0.25, 0.3) is 0 Å². The molecule has 1 N–H and O–H groups in total. The Labute approximate surface area is 99.5 Å². The van der Waals surface area contributed by atoms with Gasteiger partial charge in [-0.2, -0.15) is 0 Å². The Kier molecular flexibility index (Phi) is 3.25.